The first-order valence-corrected chi connectivity index (χ1v) is 8.06. The molecule has 0 spiro atoms. The fraction of sp³-hybridized carbons (Fsp3) is 0.588. The minimum absolute atomic E-state index is 0.134. The first kappa shape index (κ1) is 16.2. The molecule has 116 valence electrons. The van der Waals surface area contributed by atoms with Crippen molar-refractivity contribution in [2.24, 2.45) is 5.41 Å². The van der Waals surface area contributed by atoms with Crippen LogP contribution in [0.2, 0.25) is 0 Å². The van der Waals surface area contributed by atoms with Gasteiger partial charge in [0, 0.05) is 6.54 Å². The molecule has 0 fully saturated rings. The van der Waals surface area contributed by atoms with Crippen molar-refractivity contribution in [3.05, 3.63) is 24.0 Å². The molecule has 0 aliphatic rings. The maximum Gasteiger partial charge on any atom is 0.147 e. The lowest BCUT2D eigenvalue weighted by Crippen LogP contribution is -2.12. The highest BCUT2D eigenvalue weighted by Gasteiger charge is 2.17. The average molecular weight is 309 g/mol. The van der Waals surface area contributed by atoms with Crippen molar-refractivity contribution < 1.29 is 4.74 Å². The molecule has 2 aromatic rings. The predicted molar refractivity (Wildman–Crippen MR) is 89.1 cm³/mol. The summed E-state index contributed by atoms with van der Waals surface area (Å²) in [5, 5.41) is 0. The highest BCUT2D eigenvalue weighted by atomic mass is 35.5. The number of benzene rings is 1. The second kappa shape index (κ2) is 6.27. The summed E-state index contributed by atoms with van der Waals surface area (Å²) in [7, 11) is 0. The minimum Gasteiger partial charge on any atom is -0.489 e. The number of rotatable bonds is 5. The molecule has 4 heteroatoms. The van der Waals surface area contributed by atoms with E-state index in [2.05, 4.69) is 31.4 Å². The Hall–Kier alpha value is -1.22. The zero-order valence-corrected chi connectivity index (χ0v) is 14.4. The van der Waals surface area contributed by atoms with Crippen LogP contribution in [0.3, 0.4) is 0 Å². The SMILES string of the molecule is CC(C)Oc1cccc2c1nc(CCl)n2CCC(C)(C)C. The van der Waals surface area contributed by atoms with Crippen LogP contribution in [-0.2, 0) is 12.4 Å². The van der Waals surface area contributed by atoms with Gasteiger partial charge >= 0.3 is 0 Å². The van der Waals surface area contributed by atoms with Gasteiger partial charge in [0.2, 0.25) is 0 Å². The third-order valence-electron chi connectivity index (χ3n) is 3.39. The van der Waals surface area contributed by atoms with E-state index in [4.69, 9.17) is 21.3 Å². The molecular weight excluding hydrogens is 284 g/mol. The van der Waals surface area contributed by atoms with Crippen molar-refractivity contribution in [2.45, 2.75) is 59.6 Å². The molecule has 1 aromatic heterocycles. The second-order valence-electron chi connectivity index (χ2n) is 6.91. The summed E-state index contributed by atoms with van der Waals surface area (Å²) in [4.78, 5) is 4.69. The number of ether oxygens (including phenoxy) is 1. The van der Waals surface area contributed by atoms with Crippen molar-refractivity contribution in [2.75, 3.05) is 0 Å². The van der Waals surface area contributed by atoms with E-state index in [1.54, 1.807) is 0 Å². The van der Waals surface area contributed by atoms with E-state index in [1.165, 1.54) is 0 Å². The minimum atomic E-state index is 0.134. The van der Waals surface area contributed by atoms with Gasteiger partial charge in [0.15, 0.2) is 0 Å². The predicted octanol–water partition coefficient (Wildman–Crippen LogP) is 5.00. The molecule has 0 aliphatic carbocycles. The van der Waals surface area contributed by atoms with Gasteiger partial charge in [0.1, 0.15) is 17.1 Å². The first-order chi connectivity index (χ1) is 9.81. The Kier molecular flexibility index (Phi) is 4.82. The molecule has 3 nitrogen and oxygen atoms in total. The molecule has 0 aliphatic heterocycles. The average Bonchev–Trinajstić information content (AvgIpc) is 2.74. The van der Waals surface area contributed by atoms with Crippen LogP contribution < -0.4 is 4.74 Å². The number of aryl methyl sites for hydroxylation is 1. The van der Waals surface area contributed by atoms with Crippen molar-refractivity contribution in [1.82, 2.24) is 9.55 Å². The van der Waals surface area contributed by atoms with Gasteiger partial charge in [0.25, 0.3) is 0 Å². The molecule has 0 saturated carbocycles. The molecule has 0 amide bonds. The van der Waals surface area contributed by atoms with Gasteiger partial charge in [-0.05, 0) is 37.8 Å². The van der Waals surface area contributed by atoms with E-state index in [9.17, 15) is 0 Å². The lowest BCUT2D eigenvalue weighted by atomic mass is 9.92. The van der Waals surface area contributed by atoms with Gasteiger partial charge < -0.3 is 9.30 Å². The van der Waals surface area contributed by atoms with Crippen LogP contribution in [0.15, 0.2) is 18.2 Å². The van der Waals surface area contributed by atoms with Gasteiger partial charge in [-0.3, -0.25) is 0 Å². The second-order valence-corrected chi connectivity index (χ2v) is 7.18. The summed E-state index contributed by atoms with van der Waals surface area (Å²) < 4.78 is 8.09. The lowest BCUT2D eigenvalue weighted by molar-refractivity contribution is 0.245. The van der Waals surface area contributed by atoms with Gasteiger partial charge in [-0.15, -0.1) is 11.6 Å². The van der Waals surface area contributed by atoms with Crippen LogP contribution in [0, 0.1) is 5.41 Å². The highest BCUT2D eigenvalue weighted by molar-refractivity contribution is 6.16. The molecule has 1 aromatic carbocycles. The van der Waals surface area contributed by atoms with E-state index < -0.39 is 0 Å². The maximum atomic E-state index is 6.09. The Morgan fingerprint density at radius 2 is 2.00 bits per heavy atom. The normalized spacial score (nSPS) is 12.3. The molecule has 0 unspecified atom stereocenters. The molecule has 0 N–H and O–H groups in total. The molecule has 2 rings (SSSR count). The number of halogens is 1. The number of nitrogens with zero attached hydrogens (tertiary/aromatic N) is 2. The van der Waals surface area contributed by atoms with Crippen LogP contribution in [0.25, 0.3) is 11.0 Å². The number of para-hydroxylation sites is 1. The largest absolute Gasteiger partial charge is 0.489 e. The number of hydrogen-bond acceptors (Lipinski definition) is 2. The Labute approximate surface area is 132 Å². The van der Waals surface area contributed by atoms with Gasteiger partial charge in [0.05, 0.1) is 17.5 Å². The Morgan fingerprint density at radius 1 is 1.29 bits per heavy atom. The Morgan fingerprint density at radius 3 is 2.57 bits per heavy atom. The molecule has 21 heavy (non-hydrogen) atoms. The summed E-state index contributed by atoms with van der Waals surface area (Å²) in [6.07, 6.45) is 1.22. The third kappa shape index (κ3) is 3.91. The fourth-order valence-electron chi connectivity index (χ4n) is 2.32. The Balaban J connectivity index is 2.44. The smallest absolute Gasteiger partial charge is 0.147 e. The van der Waals surface area contributed by atoms with Crippen molar-refractivity contribution in [3.63, 3.8) is 0 Å². The van der Waals surface area contributed by atoms with E-state index in [0.29, 0.717) is 5.88 Å². The molecule has 1 heterocycles. The zero-order valence-electron chi connectivity index (χ0n) is 13.6. The summed E-state index contributed by atoms with van der Waals surface area (Å²) in [6.45, 7) is 11.7. The number of imidazole rings is 1. The molecule has 0 bridgehead atoms. The summed E-state index contributed by atoms with van der Waals surface area (Å²) in [5.41, 5.74) is 2.30. The summed E-state index contributed by atoms with van der Waals surface area (Å²) in [6, 6.07) is 6.09. The van der Waals surface area contributed by atoms with E-state index >= 15 is 0 Å². The standard InChI is InChI=1S/C17H25ClN2O/c1-12(2)21-14-8-6-7-13-16(14)19-15(11-18)20(13)10-9-17(3,4)5/h6-8,12H,9-11H2,1-5H3. The first-order valence-electron chi connectivity index (χ1n) is 7.52. The third-order valence-corrected chi connectivity index (χ3v) is 3.63. The van der Waals surface area contributed by atoms with Crippen LogP contribution in [-0.4, -0.2) is 15.7 Å². The monoisotopic (exact) mass is 308 g/mol. The van der Waals surface area contributed by atoms with E-state index in [0.717, 1.165) is 35.6 Å². The molecular formula is C17H25ClN2O. The summed E-state index contributed by atoms with van der Waals surface area (Å²) >= 11 is 6.09. The van der Waals surface area contributed by atoms with Gasteiger partial charge in [-0.1, -0.05) is 26.8 Å². The van der Waals surface area contributed by atoms with E-state index in [1.807, 2.05) is 26.0 Å². The number of aromatic nitrogens is 2. The van der Waals surface area contributed by atoms with Crippen molar-refractivity contribution in [1.29, 1.82) is 0 Å². The molecule has 0 atom stereocenters. The lowest BCUT2D eigenvalue weighted by Gasteiger charge is -2.19. The number of alkyl halides is 1. The molecule has 0 radical (unpaired) electrons. The topological polar surface area (TPSA) is 27.1 Å². The van der Waals surface area contributed by atoms with Crippen molar-refractivity contribution in [3.8, 4) is 5.75 Å². The van der Waals surface area contributed by atoms with Crippen molar-refractivity contribution >= 4 is 22.6 Å². The van der Waals surface area contributed by atoms with Crippen LogP contribution in [0.1, 0.15) is 46.9 Å². The Bertz CT molecular complexity index is 611. The maximum absolute atomic E-state index is 6.09. The van der Waals surface area contributed by atoms with Crippen LogP contribution in [0.4, 0.5) is 0 Å². The van der Waals surface area contributed by atoms with Gasteiger partial charge in [-0.2, -0.15) is 0 Å². The fourth-order valence-corrected chi connectivity index (χ4v) is 2.52. The van der Waals surface area contributed by atoms with Crippen LogP contribution in [0.5, 0.6) is 5.75 Å². The summed E-state index contributed by atoms with van der Waals surface area (Å²) in [5.74, 6) is 2.17. The van der Waals surface area contributed by atoms with Crippen LogP contribution >= 0.6 is 11.6 Å². The van der Waals surface area contributed by atoms with Gasteiger partial charge in [-0.25, -0.2) is 4.98 Å². The van der Waals surface area contributed by atoms with E-state index in [-0.39, 0.29) is 11.5 Å². The molecule has 0 saturated heterocycles. The number of fused-ring (bicyclic) bond motifs is 1. The quantitative estimate of drug-likeness (QED) is 0.727. The highest BCUT2D eigenvalue weighted by Crippen LogP contribution is 2.29. The number of hydrogen-bond donors (Lipinski definition) is 0. The zero-order chi connectivity index (χ0) is 15.6.